The van der Waals surface area contributed by atoms with Crippen LogP contribution in [-0.2, 0) is 4.79 Å². The van der Waals surface area contributed by atoms with E-state index in [1.807, 2.05) is 121 Å². The SMILES string of the molecule is CN(C)C=O.CNc1nc2[nH]c(=O)c3c(c2s1)OC(N)=C(C#N)C3c1ccccc1.CNc1nc2[nH]c(=O)c3c(c2s1)OC(N)=C(C#N)C3c1ccccc1.CNc1nc2[nH]c(=O)c3c(c2s1)OC(N)=C(C#N)C3c1ccccc1.CNc1nc2[nH]c(=O)c3c(c2s1)OC(N)=C(C#N)C3c1ccccc1. The average Bonchev–Trinajstić information content (AvgIpc) is 1.54. The zero-order chi connectivity index (χ0) is 74.5. The van der Waals surface area contributed by atoms with E-state index in [0.29, 0.717) is 107 Å². The number of nitrogens with zero attached hydrogens (tertiary/aromatic N) is 9. The quantitative estimate of drug-likeness (QED) is 0.0601. The van der Waals surface area contributed by atoms with Gasteiger partial charge in [0.1, 0.15) is 65.4 Å². The highest BCUT2D eigenvalue weighted by molar-refractivity contribution is 7.23. The molecule has 0 fully saturated rings. The summed E-state index contributed by atoms with van der Waals surface area (Å²) in [6.45, 7) is 0. The van der Waals surface area contributed by atoms with Gasteiger partial charge < -0.3 is 88.0 Å². The van der Waals surface area contributed by atoms with E-state index in [2.05, 4.69) is 85.4 Å². The van der Waals surface area contributed by atoms with Gasteiger partial charge in [-0.2, -0.15) is 21.0 Å². The third-order valence-corrected chi connectivity index (χ3v) is 20.8. The second-order valence-corrected chi connectivity index (χ2v) is 27.0. The second kappa shape index (κ2) is 30.2. The van der Waals surface area contributed by atoms with Crippen LogP contribution in [0.3, 0.4) is 0 Å². The van der Waals surface area contributed by atoms with Gasteiger partial charge >= 0.3 is 0 Å². The van der Waals surface area contributed by atoms with E-state index in [1.54, 1.807) is 42.3 Å². The summed E-state index contributed by atoms with van der Waals surface area (Å²) in [5.41, 5.74) is 29.9. The summed E-state index contributed by atoms with van der Waals surface area (Å²) >= 11 is 5.40. The summed E-state index contributed by atoms with van der Waals surface area (Å²) < 4.78 is 25.5. The fraction of sp³-hybridized carbons (Fsp3) is 0.141. The maximum Gasteiger partial charge on any atom is 0.257 e. The predicted molar refractivity (Wildman–Crippen MR) is 402 cm³/mol. The van der Waals surface area contributed by atoms with Gasteiger partial charge in [-0.1, -0.05) is 167 Å². The number of allylic oxidation sites excluding steroid dienone is 4. The first-order chi connectivity index (χ1) is 50.8. The van der Waals surface area contributed by atoms with Crippen molar-refractivity contribution < 1.29 is 23.7 Å². The Balaban J connectivity index is 0.000000128. The molecule has 16 rings (SSSR count). The summed E-state index contributed by atoms with van der Waals surface area (Å²) in [6, 6.07) is 45.6. The number of rotatable bonds is 9. The second-order valence-electron chi connectivity index (χ2n) is 23.0. The Morgan fingerprint density at radius 1 is 0.390 bits per heavy atom. The molecule has 0 aliphatic carbocycles. The topological polar surface area (TPSA) is 488 Å². The molecule has 1 amide bonds. The number of nitrogens with one attached hydrogen (secondary N) is 8. The van der Waals surface area contributed by atoms with Crippen LogP contribution in [0.4, 0.5) is 20.5 Å². The summed E-state index contributed by atoms with van der Waals surface area (Å²) in [4.78, 5) is 90.3. The molecule has 16 N–H and O–H groups in total. The first-order valence-corrected chi connectivity index (χ1v) is 34.7. The number of carbonyl (C=O) groups is 1. The maximum absolute atomic E-state index is 12.8. The van der Waals surface area contributed by atoms with E-state index in [1.165, 1.54) is 50.2 Å². The fourth-order valence-electron chi connectivity index (χ4n) is 11.9. The number of carbonyl (C=O) groups excluding carboxylic acids is 1. The van der Waals surface area contributed by atoms with Crippen LogP contribution in [0, 0.1) is 45.3 Å². The van der Waals surface area contributed by atoms with Crippen LogP contribution in [0.15, 0.2) is 186 Å². The number of nitrogens with two attached hydrogens (primary N) is 4. The summed E-state index contributed by atoms with van der Waals surface area (Å²) in [7, 11) is 10.4. The van der Waals surface area contributed by atoms with E-state index in [0.717, 1.165) is 28.7 Å². The largest absolute Gasteiger partial charge is 0.438 e. The van der Waals surface area contributed by atoms with Gasteiger partial charge in [-0.3, -0.25) is 24.0 Å². The van der Waals surface area contributed by atoms with Crippen LogP contribution in [-0.4, -0.2) is 93.5 Å². The number of hydrogen-bond donors (Lipinski definition) is 12. The lowest BCUT2D eigenvalue weighted by Crippen LogP contribution is -2.27. The number of benzene rings is 4. The van der Waals surface area contributed by atoms with Crippen molar-refractivity contribution in [1.29, 1.82) is 21.0 Å². The van der Waals surface area contributed by atoms with Gasteiger partial charge in [0.2, 0.25) is 29.9 Å². The highest BCUT2D eigenvalue weighted by Gasteiger charge is 2.40. The van der Waals surface area contributed by atoms with Crippen LogP contribution in [0.5, 0.6) is 23.0 Å². The third kappa shape index (κ3) is 13.5. The van der Waals surface area contributed by atoms with Crippen molar-refractivity contribution in [2.45, 2.75) is 23.7 Å². The van der Waals surface area contributed by atoms with Crippen molar-refractivity contribution in [3.63, 3.8) is 0 Å². The smallest absolute Gasteiger partial charge is 0.257 e. The van der Waals surface area contributed by atoms with E-state index < -0.39 is 23.7 Å². The zero-order valence-electron chi connectivity index (χ0n) is 56.1. The molecule has 0 saturated carbocycles. The Kier molecular flexibility index (Phi) is 20.4. The van der Waals surface area contributed by atoms with Crippen LogP contribution < -0.4 is 85.4 Å². The summed E-state index contributed by atoms with van der Waals surface area (Å²) in [5, 5.41) is 52.6. The van der Waals surface area contributed by atoms with E-state index >= 15 is 0 Å². The lowest BCUT2D eigenvalue weighted by atomic mass is 9.84. The number of anilines is 4. The van der Waals surface area contributed by atoms with Crippen molar-refractivity contribution in [3.8, 4) is 47.3 Å². The lowest BCUT2D eigenvalue weighted by Gasteiger charge is -2.25. The van der Waals surface area contributed by atoms with Crippen molar-refractivity contribution in [3.05, 3.63) is 253 Å². The molecule has 0 bridgehead atoms. The molecular weight excluding hydrogens is 1420 g/mol. The molecule has 4 aromatic carbocycles. The molecule has 12 aromatic rings. The Morgan fingerprint density at radius 3 is 0.743 bits per heavy atom. The highest BCUT2D eigenvalue weighted by Crippen LogP contribution is 2.50. The Morgan fingerprint density at radius 2 is 0.581 bits per heavy atom. The summed E-state index contributed by atoms with van der Waals surface area (Å²) in [6.07, 6.45) is 0.750. The Bertz CT molecular complexity index is 5270. The Hall–Kier alpha value is -13.8. The lowest BCUT2D eigenvalue weighted by molar-refractivity contribution is -0.115. The molecule has 8 aromatic heterocycles. The van der Waals surface area contributed by atoms with Gasteiger partial charge in [0, 0.05) is 42.3 Å². The first kappa shape index (κ1) is 71.1. The molecule has 0 saturated heterocycles. The molecule has 0 radical (unpaired) electrons. The van der Waals surface area contributed by atoms with Crippen LogP contribution in [0.1, 0.15) is 68.2 Å². The Labute approximate surface area is 610 Å². The minimum Gasteiger partial charge on any atom is -0.438 e. The maximum atomic E-state index is 12.8. The van der Waals surface area contributed by atoms with Gasteiger partial charge in [-0.05, 0) is 22.3 Å². The van der Waals surface area contributed by atoms with Crippen molar-refractivity contribution in [2.75, 3.05) is 63.6 Å². The van der Waals surface area contributed by atoms with Crippen LogP contribution in [0.25, 0.3) is 41.4 Å². The molecule has 30 nitrogen and oxygen atoms in total. The fourth-order valence-corrected chi connectivity index (χ4v) is 15.4. The monoisotopic (exact) mass is 1480 g/mol. The third-order valence-electron chi connectivity index (χ3n) is 16.5. The minimum atomic E-state index is -0.580. The van der Waals surface area contributed by atoms with Crippen LogP contribution in [0.2, 0.25) is 0 Å². The number of aromatic amines is 4. The molecule has 4 aliphatic rings. The van der Waals surface area contributed by atoms with E-state index in [4.69, 9.17) is 41.9 Å². The van der Waals surface area contributed by atoms with Gasteiger partial charge in [0.05, 0.1) is 45.9 Å². The van der Waals surface area contributed by atoms with Crippen molar-refractivity contribution >= 4 is 114 Å². The number of pyridine rings is 4. The van der Waals surface area contributed by atoms with Gasteiger partial charge in [-0.15, -0.1) is 0 Å². The molecule has 4 aliphatic heterocycles. The molecular formula is C71H59N21O9S4. The van der Waals surface area contributed by atoms with Gasteiger partial charge in [-0.25, -0.2) is 19.9 Å². The summed E-state index contributed by atoms with van der Waals surface area (Å²) in [5.74, 6) is -0.828. The van der Waals surface area contributed by atoms with Crippen molar-refractivity contribution in [2.24, 2.45) is 22.9 Å². The highest BCUT2D eigenvalue weighted by atomic mass is 32.1. The molecule has 12 heterocycles. The number of fused-ring (bicyclic) bond motifs is 12. The molecule has 105 heavy (non-hydrogen) atoms. The first-order valence-electron chi connectivity index (χ1n) is 31.4. The number of amides is 1. The number of ether oxygens (including phenoxy) is 4. The van der Waals surface area contributed by atoms with Crippen molar-refractivity contribution in [1.82, 2.24) is 44.8 Å². The number of hydrogen-bond acceptors (Lipinski definition) is 29. The molecule has 526 valence electrons. The average molecular weight is 1480 g/mol. The number of H-pyrrole nitrogens is 4. The predicted octanol–water partition coefficient (Wildman–Crippen LogP) is 8.68. The molecule has 0 spiro atoms. The van der Waals surface area contributed by atoms with Crippen LogP contribution >= 0.6 is 45.3 Å². The van der Waals surface area contributed by atoms with Gasteiger partial charge in [0.25, 0.3) is 22.2 Å². The molecule has 34 heteroatoms. The zero-order valence-corrected chi connectivity index (χ0v) is 59.3. The standard InChI is InChI=1S/4C17H13N5O2S.C3H7NO/c4*1-20-17-22-15-13(25-17)12-11(16(23)21-15)10(8-5-3-2-4-6-8)9(7-18)14(19)24-12;1-4(2)3-5/h4*2-6,10H,19H2,1H3,(H2,20,21,22,23);3H,1-2H3. The van der Waals surface area contributed by atoms with E-state index in [-0.39, 0.29) is 68.1 Å². The number of nitriles is 4. The van der Waals surface area contributed by atoms with Gasteiger partial charge in [0.15, 0.2) is 66.1 Å². The normalized spacial score (nSPS) is 15.8. The number of aromatic nitrogens is 8. The minimum absolute atomic E-state index is 0.00941. The molecule has 4 unspecified atom stereocenters. The number of thiazole rings is 4. The molecule has 4 atom stereocenters. The van der Waals surface area contributed by atoms with E-state index in [9.17, 15) is 45.0 Å².